The van der Waals surface area contributed by atoms with Crippen molar-refractivity contribution in [3.05, 3.63) is 42.0 Å². The van der Waals surface area contributed by atoms with Gasteiger partial charge < -0.3 is 5.73 Å². The lowest BCUT2D eigenvalue weighted by molar-refractivity contribution is 0.229. The van der Waals surface area contributed by atoms with Crippen LogP contribution >= 0.6 is 0 Å². The average Bonchev–Trinajstić information content (AvgIpc) is 2.56. The van der Waals surface area contributed by atoms with Gasteiger partial charge in [-0.3, -0.25) is 15.2 Å². The standard InChI is InChI=1S/C18H28N4O/c1-5-12-21(18(23)22(13-6-2)17(19)20)16-14(7-3)10-9-11-15(16)8-4/h6,9-11H,2,5,7-8,12-13H2,1,3-4H3,(H3,19,20). The summed E-state index contributed by atoms with van der Waals surface area (Å²) < 4.78 is 0. The zero-order chi connectivity index (χ0) is 17.4. The molecule has 3 N–H and O–H groups in total. The lowest BCUT2D eigenvalue weighted by atomic mass is 10.0. The molecule has 23 heavy (non-hydrogen) atoms. The maximum absolute atomic E-state index is 13.0. The quantitative estimate of drug-likeness (QED) is 0.459. The van der Waals surface area contributed by atoms with Gasteiger partial charge in [0.05, 0.1) is 5.69 Å². The highest BCUT2D eigenvalue weighted by atomic mass is 16.2. The van der Waals surface area contributed by atoms with E-state index in [0.29, 0.717) is 6.54 Å². The van der Waals surface area contributed by atoms with Crippen LogP contribution in [0.2, 0.25) is 0 Å². The van der Waals surface area contributed by atoms with Gasteiger partial charge in [-0.25, -0.2) is 4.79 Å². The molecule has 0 aliphatic heterocycles. The van der Waals surface area contributed by atoms with Crippen molar-refractivity contribution in [1.82, 2.24) is 4.90 Å². The first-order valence-electron chi connectivity index (χ1n) is 8.16. The van der Waals surface area contributed by atoms with Crippen LogP contribution in [0.15, 0.2) is 30.9 Å². The predicted octanol–water partition coefficient (Wildman–Crippen LogP) is 3.53. The average molecular weight is 316 g/mol. The molecule has 1 aromatic carbocycles. The summed E-state index contributed by atoms with van der Waals surface area (Å²) in [5, 5.41) is 7.68. The number of carbonyl (C=O) groups excluding carboxylic acids is 1. The third kappa shape index (κ3) is 4.34. The SMILES string of the molecule is C=CCN(C(=N)N)C(=O)N(CCC)c1c(CC)cccc1CC. The van der Waals surface area contributed by atoms with E-state index >= 15 is 0 Å². The van der Waals surface area contributed by atoms with Gasteiger partial charge in [0.1, 0.15) is 0 Å². The summed E-state index contributed by atoms with van der Waals surface area (Å²) in [6.45, 7) is 10.7. The van der Waals surface area contributed by atoms with Crippen molar-refractivity contribution in [2.75, 3.05) is 18.0 Å². The van der Waals surface area contributed by atoms with Gasteiger partial charge in [-0.15, -0.1) is 6.58 Å². The minimum atomic E-state index is -0.269. The molecule has 2 amide bonds. The van der Waals surface area contributed by atoms with Crippen molar-refractivity contribution in [2.24, 2.45) is 5.73 Å². The number of anilines is 1. The fraction of sp³-hybridized carbons (Fsp3) is 0.444. The number of hydrogen-bond donors (Lipinski definition) is 2. The molecule has 0 aliphatic carbocycles. The van der Waals surface area contributed by atoms with Crippen LogP contribution in [0.1, 0.15) is 38.3 Å². The van der Waals surface area contributed by atoms with E-state index in [1.807, 2.05) is 13.0 Å². The van der Waals surface area contributed by atoms with E-state index < -0.39 is 0 Å². The number of para-hydroxylation sites is 1. The Balaban J connectivity index is 3.38. The highest BCUT2D eigenvalue weighted by molar-refractivity contribution is 6.03. The van der Waals surface area contributed by atoms with Crippen molar-refractivity contribution in [3.8, 4) is 0 Å². The summed E-state index contributed by atoms with van der Waals surface area (Å²) >= 11 is 0. The number of benzene rings is 1. The Morgan fingerprint density at radius 3 is 2.22 bits per heavy atom. The molecule has 0 unspecified atom stereocenters. The van der Waals surface area contributed by atoms with E-state index in [9.17, 15) is 4.79 Å². The molecule has 0 saturated heterocycles. The maximum Gasteiger partial charge on any atom is 0.331 e. The summed E-state index contributed by atoms with van der Waals surface area (Å²) in [5.74, 6) is -0.261. The lowest BCUT2D eigenvalue weighted by Gasteiger charge is -2.31. The van der Waals surface area contributed by atoms with Crippen LogP contribution < -0.4 is 10.6 Å². The Kier molecular flexibility index (Phi) is 7.32. The van der Waals surface area contributed by atoms with Crippen molar-refractivity contribution in [1.29, 1.82) is 5.41 Å². The van der Waals surface area contributed by atoms with Crippen molar-refractivity contribution in [2.45, 2.75) is 40.0 Å². The second-order valence-electron chi connectivity index (χ2n) is 5.35. The van der Waals surface area contributed by atoms with Crippen LogP contribution in [0, 0.1) is 5.41 Å². The number of nitrogens with zero attached hydrogens (tertiary/aromatic N) is 2. The lowest BCUT2D eigenvalue weighted by Crippen LogP contribution is -2.49. The van der Waals surface area contributed by atoms with Crippen LogP contribution in [0.25, 0.3) is 0 Å². The third-order valence-electron chi connectivity index (χ3n) is 3.75. The first kappa shape index (κ1) is 18.7. The fourth-order valence-electron chi connectivity index (χ4n) is 2.64. The number of hydrogen-bond acceptors (Lipinski definition) is 2. The Morgan fingerprint density at radius 2 is 1.83 bits per heavy atom. The first-order valence-corrected chi connectivity index (χ1v) is 8.16. The Labute approximate surface area is 139 Å². The van der Waals surface area contributed by atoms with Gasteiger partial charge >= 0.3 is 6.03 Å². The van der Waals surface area contributed by atoms with Gasteiger partial charge in [-0.1, -0.05) is 45.0 Å². The van der Waals surface area contributed by atoms with Gasteiger partial charge in [0.15, 0.2) is 5.96 Å². The van der Waals surface area contributed by atoms with Crippen LogP contribution in [-0.2, 0) is 12.8 Å². The van der Waals surface area contributed by atoms with Crippen molar-refractivity contribution >= 4 is 17.7 Å². The van der Waals surface area contributed by atoms with Gasteiger partial charge in [-0.05, 0) is 30.4 Å². The molecule has 0 saturated carbocycles. The van der Waals surface area contributed by atoms with Crippen LogP contribution in [-0.4, -0.2) is 30.0 Å². The number of carbonyl (C=O) groups is 1. The number of amides is 2. The summed E-state index contributed by atoms with van der Waals surface area (Å²) in [6.07, 6.45) is 4.10. The molecule has 0 radical (unpaired) electrons. The van der Waals surface area contributed by atoms with E-state index in [1.165, 1.54) is 4.90 Å². The van der Waals surface area contributed by atoms with E-state index in [-0.39, 0.29) is 18.5 Å². The van der Waals surface area contributed by atoms with E-state index in [2.05, 4.69) is 32.6 Å². The number of nitrogens with one attached hydrogen (secondary N) is 1. The number of nitrogens with two attached hydrogens (primary N) is 1. The van der Waals surface area contributed by atoms with E-state index in [1.54, 1.807) is 11.0 Å². The molecule has 5 nitrogen and oxygen atoms in total. The topological polar surface area (TPSA) is 73.4 Å². The van der Waals surface area contributed by atoms with Gasteiger partial charge in [0.25, 0.3) is 0 Å². The zero-order valence-electron chi connectivity index (χ0n) is 14.4. The molecule has 1 rings (SSSR count). The second kappa shape index (κ2) is 8.98. The number of rotatable bonds is 7. The molecule has 0 spiro atoms. The third-order valence-corrected chi connectivity index (χ3v) is 3.75. The summed E-state index contributed by atoms with van der Waals surface area (Å²) in [5.41, 5.74) is 8.81. The Hall–Kier alpha value is -2.30. The number of guanidine groups is 1. The summed E-state index contributed by atoms with van der Waals surface area (Å²) in [4.78, 5) is 16.0. The zero-order valence-corrected chi connectivity index (χ0v) is 14.4. The molecule has 1 aromatic rings. The molecule has 0 fully saturated rings. The fourth-order valence-corrected chi connectivity index (χ4v) is 2.64. The van der Waals surface area contributed by atoms with Crippen molar-refractivity contribution < 1.29 is 4.79 Å². The maximum atomic E-state index is 13.0. The van der Waals surface area contributed by atoms with Gasteiger partial charge in [0.2, 0.25) is 0 Å². The van der Waals surface area contributed by atoms with Crippen molar-refractivity contribution in [3.63, 3.8) is 0 Å². The molecular weight excluding hydrogens is 288 g/mol. The largest absolute Gasteiger partial charge is 0.370 e. The Morgan fingerprint density at radius 1 is 1.26 bits per heavy atom. The predicted molar refractivity (Wildman–Crippen MR) is 97.0 cm³/mol. The molecule has 0 aromatic heterocycles. The minimum Gasteiger partial charge on any atom is -0.370 e. The summed E-state index contributed by atoms with van der Waals surface area (Å²) in [7, 11) is 0. The molecule has 0 bridgehead atoms. The second-order valence-corrected chi connectivity index (χ2v) is 5.35. The van der Waals surface area contributed by atoms with Crippen LogP contribution in [0.4, 0.5) is 10.5 Å². The van der Waals surface area contributed by atoms with Crippen LogP contribution in [0.5, 0.6) is 0 Å². The molecule has 0 aliphatic rings. The highest BCUT2D eigenvalue weighted by Crippen LogP contribution is 2.28. The monoisotopic (exact) mass is 316 g/mol. The first-order chi connectivity index (χ1) is 11.0. The van der Waals surface area contributed by atoms with Gasteiger partial charge in [0, 0.05) is 13.1 Å². The Bertz CT molecular complexity index is 546. The molecule has 5 heteroatoms. The molecular formula is C18H28N4O. The van der Waals surface area contributed by atoms with E-state index in [0.717, 1.165) is 36.1 Å². The van der Waals surface area contributed by atoms with Crippen LogP contribution in [0.3, 0.4) is 0 Å². The summed E-state index contributed by atoms with van der Waals surface area (Å²) in [6, 6.07) is 5.86. The number of aryl methyl sites for hydroxylation is 2. The number of urea groups is 1. The normalized spacial score (nSPS) is 10.2. The highest BCUT2D eigenvalue weighted by Gasteiger charge is 2.26. The smallest absolute Gasteiger partial charge is 0.331 e. The molecule has 0 atom stereocenters. The van der Waals surface area contributed by atoms with E-state index in [4.69, 9.17) is 11.1 Å². The minimum absolute atomic E-state index is 0.226. The van der Waals surface area contributed by atoms with Gasteiger partial charge in [-0.2, -0.15) is 0 Å². The molecule has 126 valence electrons. The molecule has 0 heterocycles.